The largest absolute Gasteiger partial charge is 0.482 e. The summed E-state index contributed by atoms with van der Waals surface area (Å²) in [5.41, 5.74) is 1.23. The van der Waals surface area contributed by atoms with Crippen molar-refractivity contribution in [2.24, 2.45) is 0 Å². The lowest BCUT2D eigenvalue weighted by Gasteiger charge is -2.11. The van der Waals surface area contributed by atoms with E-state index in [4.69, 9.17) is 16.3 Å². The van der Waals surface area contributed by atoms with Crippen LogP contribution < -0.4 is 10.1 Å². The summed E-state index contributed by atoms with van der Waals surface area (Å²) in [6.45, 7) is 1.54. The van der Waals surface area contributed by atoms with Gasteiger partial charge >= 0.3 is 5.97 Å². The molecular formula is C19H20ClNO6S. The van der Waals surface area contributed by atoms with Gasteiger partial charge in [-0.15, -0.1) is 0 Å². The van der Waals surface area contributed by atoms with Crippen molar-refractivity contribution in [2.75, 3.05) is 24.8 Å². The Morgan fingerprint density at radius 2 is 1.79 bits per heavy atom. The number of hydrogen-bond donors (Lipinski definition) is 1. The number of carbonyl (C=O) groups excluding carboxylic acids is 2. The number of sulfone groups is 1. The Morgan fingerprint density at radius 3 is 2.39 bits per heavy atom. The van der Waals surface area contributed by atoms with Gasteiger partial charge in [-0.2, -0.15) is 0 Å². The molecule has 0 radical (unpaired) electrons. The van der Waals surface area contributed by atoms with Crippen LogP contribution in [0.3, 0.4) is 0 Å². The minimum Gasteiger partial charge on any atom is -0.482 e. The molecule has 1 N–H and O–H groups in total. The van der Waals surface area contributed by atoms with Crippen molar-refractivity contribution < 1.29 is 27.5 Å². The average molecular weight is 426 g/mol. The second-order valence-corrected chi connectivity index (χ2v) is 8.46. The smallest absolute Gasteiger partial charge is 0.343 e. The van der Waals surface area contributed by atoms with E-state index < -0.39 is 21.7 Å². The summed E-state index contributed by atoms with van der Waals surface area (Å²) in [4.78, 5) is 23.4. The van der Waals surface area contributed by atoms with E-state index in [1.54, 1.807) is 25.1 Å². The molecule has 0 saturated carbocycles. The molecule has 150 valence electrons. The molecule has 0 aromatic heterocycles. The van der Waals surface area contributed by atoms with Crippen LogP contribution in [-0.2, 0) is 24.2 Å². The second-order valence-electron chi connectivity index (χ2n) is 5.91. The summed E-state index contributed by atoms with van der Waals surface area (Å²) < 4.78 is 34.3. The number of ether oxygens (including phenoxy) is 2. The van der Waals surface area contributed by atoms with Crippen molar-refractivity contribution in [3.05, 3.63) is 53.1 Å². The highest BCUT2D eigenvalue weighted by molar-refractivity contribution is 7.91. The molecule has 0 fully saturated rings. The van der Waals surface area contributed by atoms with Gasteiger partial charge in [0.05, 0.1) is 17.8 Å². The van der Waals surface area contributed by atoms with Crippen LogP contribution in [0.25, 0.3) is 0 Å². The van der Waals surface area contributed by atoms with Crippen LogP contribution in [0.2, 0.25) is 5.02 Å². The monoisotopic (exact) mass is 425 g/mol. The van der Waals surface area contributed by atoms with Crippen LogP contribution in [0.4, 0.5) is 5.69 Å². The second kappa shape index (κ2) is 9.57. The van der Waals surface area contributed by atoms with Gasteiger partial charge in [0.1, 0.15) is 5.75 Å². The molecular weight excluding hydrogens is 406 g/mol. The molecule has 1 amide bonds. The summed E-state index contributed by atoms with van der Waals surface area (Å²) in [6, 6.07) is 10.7. The fourth-order valence-corrected chi connectivity index (χ4v) is 3.63. The third kappa shape index (κ3) is 6.24. The molecule has 0 bridgehead atoms. The summed E-state index contributed by atoms with van der Waals surface area (Å²) >= 11 is 5.76. The number of rotatable bonds is 8. The van der Waals surface area contributed by atoms with Crippen LogP contribution >= 0.6 is 11.6 Å². The molecule has 0 saturated heterocycles. The first kappa shape index (κ1) is 21.7. The molecule has 2 aromatic rings. The van der Waals surface area contributed by atoms with Crippen LogP contribution in [0.5, 0.6) is 5.75 Å². The van der Waals surface area contributed by atoms with Crippen molar-refractivity contribution in [1.29, 1.82) is 0 Å². The zero-order chi connectivity index (χ0) is 20.7. The van der Waals surface area contributed by atoms with Gasteiger partial charge in [0, 0.05) is 17.1 Å². The van der Waals surface area contributed by atoms with Gasteiger partial charge in [-0.3, -0.25) is 4.79 Å². The van der Waals surface area contributed by atoms with Crippen molar-refractivity contribution >= 4 is 39.0 Å². The number of hydrogen-bond acceptors (Lipinski definition) is 6. The third-order valence-corrected chi connectivity index (χ3v) is 5.81. The number of nitrogens with one attached hydrogen (secondary N) is 1. The molecule has 0 aliphatic rings. The highest BCUT2D eigenvalue weighted by Crippen LogP contribution is 2.22. The zero-order valence-corrected chi connectivity index (χ0v) is 17.0. The quantitative estimate of drug-likeness (QED) is 0.653. The summed E-state index contributed by atoms with van der Waals surface area (Å²) in [7, 11) is -2.32. The number of esters is 1. The number of carbonyl (C=O) groups is 2. The first-order valence-corrected chi connectivity index (χ1v) is 10.3. The molecule has 9 heteroatoms. The molecule has 0 aliphatic carbocycles. The predicted molar refractivity (Wildman–Crippen MR) is 105 cm³/mol. The van der Waals surface area contributed by atoms with E-state index in [0.29, 0.717) is 22.0 Å². The van der Waals surface area contributed by atoms with Gasteiger partial charge in [-0.05, 0) is 55.0 Å². The molecule has 0 unspecified atom stereocenters. The maximum atomic E-state index is 12.3. The first-order chi connectivity index (χ1) is 13.2. The van der Waals surface area contributed by atoms with Crippen molar-refractivity contribution in [1.82, 2.24) is 0 Å². The van der Waals surface area contributed by atoms with E-state index in [9.17, 15) is 18.0 Å². The molecule has 28 heavy (non-hydrogen) atoms. The van der Waals surface area contributed by atoms with E-state index in [0.717, 1.165) is 0 Å². The van der Waals surface area contributed by atoms with E-state index in [2.05, 4.69) is 10.1 Å². The average Bonchev–Trinajstić information content (AvgIpc) is 2.67. The number of halogens is 1. The van der Waals surface area contributed by atoms with Crippen molar-refractivity contribution in [2.45, 2.75) is 18.2 Å². The standard InChI is InChI=1S/C19H20ClNO6S/c1-13-11-15(27-12-19(23)26-2)5-8-17(13)21-18(22)9-10-28(24,25)16-6-3-14(20)4-7-16/h3-8,11H,9-10,12H2,1-2H3,(H,21,22). The Bertz CT molecular complexity index is 957. The fourth-order valence-electron chi connectivity index (χ4n) is 2.27. The topological polar surface area (TPSA) is 98.8 Å². The maximum absolute atomic E-state index is 12.3. The Hall–Kier alpha value is -2.58. The first-order valence-electron chi connectivity index (χ1n) is 8.30. The van der Waals surface area contributed by atoms with Gasteiger partial charge in [0.15, 0.2) is 16.4 Å². The third-order valence-electron chi connectivity index (χ3n) is 3.83. The van der Waals surface area contributed by atoms with Gasteiger partial charge in [-0.25, -0.2) is 13.2 Å². The predicted octanol–water partition coefficient (Wildman–Crippen LogP) is 3.00. The Kier molecular flexibility index (Phi) is 7.42. The minimum absolute atomic E-state index is 0.119. The van der Waals surface area contributed by atoms with Crippen molar-refractivity contribution in [3.8, 4) is 5.75 Å². The lowest BCUT2D eigenvalue weighted by Crippen LogP contribution is -2.18. The van der Waals surface area contributed by atoms with Crippen LogP contribution in [0, 0.1) is 6.92 Å². The normalized spacial score (nSPS) is 11.0. The number of benzene rings is 2. The van der Waals surface area contributed by atoms with Gasteiger partial charge in [0.25, 0.3) is 0 Å². The maximum Gasteiger partial charge on any atom is 0.343 e. The molecule has 7 nitrogen and oxygen atoms in total. The molecule has 0 spiro atoms. The zero-order valence-electron chi connectivity index (χ0n) is 15.4. The highest BCUT2D eigenvalue weighted by Gasteiger charge is 2.17. The molecule has 0 heterocycles. The van der Waals surface area contributed by atoms with E-state index in [-0.39, 0.29) is 23.7 Å². The molecule has 0 atom stereocenters. The number of aryl methyl sites for hydroxylation is 1. The van der Waals surface area contributed by atoms with Gasteiger partial charge in [-0.1, -0.05) is 11.6 Å². The Morgan fingerprint density at radius 1 is 1.11 bits per heavy atom. The van der Waals surface area contributed by atoms with Gasteiger partial charge in [0.2, 0.25) is 5.91 Å². The Balaban J connectivity index is 1.93. The lowest BCUT2D eigenvalue weighted by atomic mass is 10.2. The Labute approximate surface area is 168 Å². The summed E-state index contributed by atoms with van der Waals surface area (Å²) in [6.07, 6.45) is -0.189. The summed E-state index contributed by atoms with van der Waals surface area (Å²) in [5, 5.41) is 3.11. The fraction of sp³-hybridized carbons (Fsp3) is 0.263. The lowest BCUT2D eigenvalue weighted by molar-refractivity contribution is -0.142. The molecule has 2 aromatic carbocycles. The molecule has 2 rings (SSSR count). The van der Waals surface area contributed by atoms with E-state index >= 15 is 0 Å². The highest BCUT2D eigenvalue weighted by atomic mass is 35.5. The number of anilines is 1. The number of amides is 1. The molecule has 0 aliphatic heterocycles. The SMILES string of the molecule is COC(=O)COc1ccc(NC(=O)CCS(=O)(=O)c2ccc(Cl)cc2)c(C)c1. The minimum atomic E-state index is -3.58. The van der Waals surface area contributed by atoms with Crippen LogP contribution in [0.15, 0.2) is 47.4 Å². The van der Waals surface area contributed by atoms with Crippen LogP contribution in [0.1, 0.15) is 12.0 Å². The van der Waals surface area contributed by atoms with Crippen molar-refractivity contribution in [3.63, 3.8) is 0 Å². The summed E-state index contributed by atoms with van der Waals surface area (Å²) in [5.74, 6) is -0.799. The van der Waals surface area contributed by atoms with E-state index in [1.807, 2.05) is 0 Å². The van der Waals surface area contributed by atoms with Gasteiger partial charge < -0.3 is 14.8 Å². The number of methoxy groups -OCH3 is 1. The van der Waals surface area contributed by atoms with Crippen LogP contribution in [-0.4, -0.2) is 39.8 Å². The van der Waals surface area contributed by atoms with E-state index in [1.165, 1.54) is 31.4 Å².